The SMILES string of the molecule is CCC/C(=C\C(c1ccccc1)C(C)CCC)c1ccccc1. The van der Waals surface area contributed by atoms with Crippen LogP contribution in [0.25, 0.3) is 5.57 Å². The maximum Gasteiger partial charge on any atom is 0.00496 e. The quantitative estimate of drug-likeness (QED) is 0.488. The Bertz CT molecular complexity index is 580. The minimum atomic E-state index is 0.498. The number of hydrogen-bond donors (Lipinski definition) is 0. The molecular formula is C23H30. The highest BCUT2D eigenvalue weighted by atomic mass is 14.2. The van der Waals surface area contributed by atoms with Gasteiger partial charge in [0.05, 0.1) is 0 Å². The highest BCUT2D eigenvalue weighted by Crippen LogP contribution is 2.33. The van der Waals surface area contributed by atoms with E-state index in [2.05, 4.69) is 87.5 Å². The van der Waals surface area contributed by atoms with Gasteiger partial charge in [-0.15, -0.1) is 0 Å². The summed E-state index contributed by atoms with van der Waals surface area (Å²) in [6, 6.07) is 21.9. The lowest BCUT2D eigenvalue weighted by Gasteiger charge is -2.23. The summed E-state index contributed by atoms with van der Waals surface area (Å²) in [6.07, 6.45) is 7.38. The smallest absolute Gasteiger partial charge is 0.00496 e. The third-order valence-corrected chi connectivity index (χ3v) is 4.59. The predicted octanol–water partition coefficient (Wildman–Crippen LogP) is 7.09. The molecule has 2 aromatic carbocycles. The lowest BCUT2D eigenvalue weighted by molar-refractivity contribution is 0.477. The van der Waals surface area contributed by atoms with Crippen molar-refractivity contribution in [3.63, 3.8) is 0 Å². The largest absolute Gasteiger partial charge is 0.0729 e. The highest BCUT2D eigenvalue weighted by Gasteiger charge is 2.17. The van der Waals surface area contributed by atoms with Crippen molar-refractivity contribution < 1.29 is 0 Å². The van der Waals surface area contributed by atoms with Crippen molar-refractivity contribution in [2.75, 3.05) is 0 Å². The molecule has 0 amide bonds. The molecule has 0 aliphatic heterocycles. The Labute approximate surface area is 142 Å². The Morgan fingerprint density at radius 1 is 0.870 bits per heavy atom. The van der Waals surface area contributed by atoms with Crippen molar-refractivity contribution in [1.82, 2.24) is 0 Å². The van der Waals surface area contributed by atoms with E-state index >= 15 is 0 Å². The zero-order valence-corrected chi connectivity index (χ0v) is 14.8. The molecule has 2 rings (SSSR count). The molecule has 2 unspecified atom stereocenters. The fourth-order valence-corrected chi connectivity index (χ4v) is 3.36. The molecule has 0 N–H and O–H groups in total. The molecule has 0 saturated carbocycles. The Morgan fingerprint density at radius 2 is 1.48 bits per heavy atom. The number of allylic oxidation sites excluding steroid dienone is 2. The van der Waals surface area contributed by atoms with Crippen molar-refractivity contribution in [2.45, 2.75) is 52.4 Å². The fraction of sp³-hybridized carbons (Fsp3) is 0.391. The average molecular weight is 306 g/mol. The Hall–Kier alpha value is -1.82. The topological polar surface area (TPSA) is 0 Å². The number of rotatable bonds is 8. The maximum atomic E-state index is 2.54. The third-order valence-electron chi connectivity index (χ3n) is 4.59. The van der Waals surface area contributed by atoms with Gasteiger partial charge in [-0.3, -0.25) is 0 Å². The normalized spacial score (nSPS) is 14.5. The van der Waals surface area contributed by atoms with E-state index in [9.17, 15) is 0 Å². The second-order valence-electron chi connectivity index (χ2n) is 6.51. The van der Waals surface area contributed by atoms with E-state index in [1.165, 1.54) is 36.0 Å². The van der Waals surface area contributed by atoms with Gasteiger partial charge in [0.1, 0.15) is 0 Å². The predicted molar refractivity (Wildman–Crippen MR) is 103 cm³/mol. The standard InChI is InChI=1S/C23H30/c1-4-12-19(3)23(21-16-10-7-11-17-21)18-22(13-5-2)20-14-8-6-9-15-20/h6-11,14-19,23H,4-5,12-13H2,1-3H3/b22-18+. The van der Waals surface area contributed by atoms with Gasteiger partial charge >= 0.3 is 0 Å². The van der Waals surface area contributed by atoms with Crippen LogP contribution in [0.5, 0.6) is 0 Å². The molecule has 0 aromatic heterocycles. The van der Waals surface area contributed by atoms with Crippen molar-refractivity contribution >= 4 is 5.57 Å². The third kappa shape index (κ3) is 5.10. The van der Waals surface area contributed by atoms with Crippen LogP contribution in [-0.4, -0.2) is 0 Å². The second-order valence-corrected chi connectivity index (χ2v) is 6.51. The van der Waals surface area contributed by atoms with Gasteiger partial charge in [0, 0.05) is 5.92 Å². The van der Waals surface area contributed by atoms with Gasteiger partial charge in [0.25, 0.3) is 0 Å². The van der Waals surface area contributed by atoms with Gasteiger partial charge in [-0.05, 0) is 29.0 Å². The summed E-state index contributed by atoms with van der Waals surface area (Å²) >= 11 is 0. The van der Waals surface area contributed by atoms with Crippen molar-refractivity contribution in [2.24, 2.45) is 5.92 Å². The first-order valence-corrected chi connectivity index (χ1v) is 9.07. The van der Waals surface area contributed by atoms with Gasteiger partial charge < -0.3 is 0 Å². The monoisotopic (exact) mass is 306 g/mol. The van der Waals surface area contributed by atoms with E-state index in [1.54, 1.807) is 0 Å². The highest BCUT2D eigenvalue weighted by molar-refractivity contribution is 5.66. The molecule has 0 saturated heterocycles. The van der Waals surface area contributed by atoms with E-state index in [1.807, 2.05) is 0 Å². The summed E-state index contributed by atoms with van der Waals surface area (Å²) in [5, 5.41) is 0. The molecule has 2 atom stereocenters. The van der Waals surface area contributed by atoms with Crippen LogP contribution in [0.3, 0.4) is 0 Å². The lowest BCUT2D eigenvalue weighted by atomic mass is 9.82. The first kappa shape index (κ1) is 17.5. The first-order chi connectivity index (χ1) is 11.3. The van der Waals surface area contributed by atoms with E-state index in [4.69, 9.17) is 0 Å². The molecule has 0 aliphatic rings. The van der Waals surface area contributed by atoms with E-state index in [-0.39, 0.29) is 0 Å². The van der Waals surface area contributed by atoms with Gasteiger partial charge in [0.2, 0.25) is 0 Å². The number of benzene rings is 2. The molecule has 0 radical (unpaired) electrons. The summed E-state index contributed by atoms with van der Waals surface area (Å²) in [5.41, 5.74) is 4.31. The van der Waals surface area contributed by atoms with Crippen molar-refractivity contribution in [3.05, 3.63) is 77.9 Å². The summed E-state index contributed by atoms with van der Waals surface area (Å²) < 4.78 is 0. The van der Waals surface area contributed by atoms with Gasteiger partial charge in [-0.25, -0.2) is 0 Å². The van der Waals surface area contributed by atoms with Crippen molar-refractivity contribution in [3.8, 4) is 0 Å². The van der Waals surface area contributed by atoms with E-state index in [0.29, 0.717) is 11.8 Å². The molecule has 0 bridgehead atoms. The Morgan fingerprint density at radius 3 is 2.04 bits per heavy atom. The maximum absolute atomic E-state index is 2.54. The number of hydrogen-bond acceptors (Lipinski definition) is 0. The molecule has 2 aromatic rings. The van der Waals surface area contributed by atoms with Crippen molar-refractivity contribution in [1.29, 1.82) is 0 Å². The van der Waals surface area contributed by atoms with Gasteiger partial charge in [0.15, 0.2) is 0 Å². The molecule has 122 valence electrons. The molecule has 0 fully saturated rings. The second kappa shape index (κ2) is 9.35. The van der Waals surface area contributed by atoms with E-state index < -0.39 is 0 Å². The Balaban J connectivity index is 2.39. The van der Waals surface area contributed by atoms with Crippen LogP contribution in [0, 0.1) is 5.92 Å². The van der Waals surface area contributed by atoms with Crippen LogP contribution in [0.15, 0.2) is 66.7 Å². The molecule has 0 spiro atoms. The molecule has 0 heterocycles. The minimum absolute atomic E-state index is 0.498. The summed E-state index contributed by atoms with van der Waals surface area (Å²) in [6.45, 7) is 6.95. The molecule has 0 aliphatic carbocycles. The van der Waals surface area contributed by atoms with Crippen LogP contribution < -0.4 is 0 Å². The van der Waals surface area contributed by atoms with Gasteiger partial charge in [-0.1, -0.05) is 107 Å². The average Bonchev–Trinajstić information content (AvgIpc) is 2.60. The summed E-state index contributed by atoms with van der Waals surface area (Å²) in [7, 11) is 0. The molecule has 0 nitrogen and oxygen atoms in total. The Kier molecular flexibility index (Phi) is 7.13. The first-order valence-electron chi connectivity index (χ1n) is 9.07. The van der Waals surface area contributed by atoms with Crippen LogP contribution in [0.1, 0.15) is 63.5 Å². The van der Waals surface area contributed by atoms with Crippen LogP contribution in [0.2, 0.25) is 0 Å². The molecule has 23 heavy (non-hydrogen) atoms. The summed E-state index contributed by atoms with van der Waals surface area (Å²) in [5.74, 6) is 1.16. The zero-order chi connectivity index (χ0) is 16.5. The summed E-state index contributed by atoms with van der Waals surface area (Å²) in [4.78, 5) is 0. The van der Waals surface area contributed by atoms with Crippen LogP contribution in [0.4, 0.5) is 0 Å². The van der Waals surface area contributed by atoms with E-state index in [0.717, 1.165) is 6.42 Å². The zero-order valence-electron chi connectivity index (χ0n) is 14.8. The lowest BCUT2D eigenvalue weighted by Crippen LogP contribution is -2.08. The molecule has 0 heteroatoms. The van der Waals surface area contributed by atoms with Crippen LogP contribution >= 0.6 is 0 Å². The molecular weight excluding hydrogens is 276 g/mol. The fourth-order valence-electron chi connectivity index (χ4n) is 3.36. The van der Waals surface area contributed by atoms with Crippen LogP contribution in [-0.2, 0) is 0 Å². The van der Waals surface area contributed by atoms with Gasteiger partial charge in [-0.2, -0.15) is 0 Å². The minimum Gasteiger partial charge on any atom is -0.0729 e.